The summed E-state index contributed by atoms with van der Waals surface area (Å²) in [5.41, 5.74) is -0.487. The average molecular weight is 239 g/mol. The van der Waals surface area contributed by atoms with Gasteiger partial charge in [-0.3, -0.25) is 15.1 Å². The molecule has 1 fully saturated rings. The van der Waals surface area contributed by atoms with Gasteiger partial charge in [0.2, 0.25) is 0 Å². The highest BCUT2D eigenvalue weighted by atomic mass is 16.2. The van der Waals surface area contributed by atoms with Gasteiger partial charge in [-0.05, 0) is 19.8 Å². The SMILES string of the molecule is CCCCC1(CCCC)NC(=N)N(CC)C1=O. The Morgan fingerprint density at radius 2 is 1.71 bits per heavy atom. The number of likely N-dealkylation sites (N-methyl/N-ethyl adjacent to an activating group) is 1. The highest BCUT2D eigenvalue weighted by Crippen LogP contribution is 2.28. The normalized spacial score (nSPS) is 18.6. The number of nitrogens with one attached hydrogen (secondary N) is 2. The third kappa shape index (κ3) is 2.79. The zero-order chi connectivity index (χ0) is 12.9. The predicted octanol–water partition coefficient (Wildman–Crippen LogP) is 2.49. The van der Waals surface area contributed by atoms with Gasteiger partial charge in [-0.25, -0.2) is 0 Å². The molecule has 1 saturated heterocycles. The highest BCUT2D eigenvalue weighted by Gasteiger charge is 2.47. The molecular formula is C13H25N3O. The average Bonchev–Trinajstić information content (AvgIpc) is 2.56. The van der Waals surface area contributed by atoms with Gasteiger partial charge in [0.25, 0.3) is 5.91 Å². The Morgan fingerprint density at radius 3 is 2.06 bits per heavy atom. The Kier molecular flexibility index (Phi) is 4.97. The molecule has 1 aliphatic rings. The maximum absolute atomic E-state index is 12.4. The minimum atomic E-state index is -0.487. The molecule has 1 rings (SSSR count). The van der Waals surface area contributed by atoms with Gasteiger partial charge in [-0.1, -0.05) is 39.5 Å². The summed E-state index contributed by atoms with van der Waals surface area (Å²) in [5.74, 6) is 0.386. The van der Waals surface area contributed by atoms with E-state index < -0.39 is 5.54 Å². The summed E-state index contributed by atoms with van der Waals surface area (Å²) in [4.78, 5) is 14.0. The van der Waals surface area contributed by atoms with Gasteiger partial charge in [0, 0.05) is 6.54 Å². The fraction of sp³-hybridized carbons (Fsp3) is 0.846. The van der Waals surface area contributed by atoms with E-state index in [4.69, 9.17) is 5.41 Å². The number of hydrogen-bond acceptors (Lipinski definition) is 2. The van der Waals surface area contributed by atoms with E-state index in [9.17, 15) is 4.79 Å². The molecule has 0 aliphatic carbocycles. The molecule has 0 radical (unpaired) electrons. The molecule has 0 spiro atoms. The van der Waals surface area contributed by atoms with E-state index in [1.165, 1.54) is 0 Å². The van der Waals surface area contributed by atoms with Gasteiger partial charge in [-0.2, -0.15) is 0 Å². The molecule has 0 bridgehead atoms. The lowest BCUT2D eigenvalue weighted by atomic mass is 9.87. The summed E-state index contributed by atoms with van der Waals surface area (Å²) < 4.78 is 0. The second-order valence-corrected chi connectivity index (χ2v) is 4.81. The molecule has 4 nitrogen and oxygen atoms in total. The van der Waals surface area contributed by atoms with Crippen LogP contribution in [0.4, 0.5) is 0 Å². The molecule has 1 aliphatic heterocycles. The molecule has 0 unspecified atom stereocenters. The standard InChI is InChI=1S/C13H25N3O/c1-4-7-9-13(10-8-5-2)11(17)16(6-3)12(14)15-13/h4-10H2,1-3H3,(H2,14,15). The van der Waals surface area contributed by atoms with E-state index >= 15 is 0 Å². The molecule has 0 saturated carbocycles. The summed E-state index contributed by atoms with van der Waals surface area (Å²) in [5, 5.41) is 11.0. The first kappa shape index (κ1) is 14.0. The highest BCUT2D eigenvalue weighted by molar-refractivity contribution is 6.07. The summed E-state index contributed by atoms with van der Waals surface area (Å²) in [6.45, 7) is 6.78. The summed E-state index contributed by atoms with van der Waals surface area (Å²) in [7, 11) is 0. The van der Waals surface area contributed by atoms with Gasteiger partial charge in [0.1, 0.15) is 5.54 Å². The molecule has 0 aromatic rings. The number of carbonyl (C=O) groups excluding carboxylic acids is 1. The maximum Gasteiger partial charge on any atom is 0.255 e. The number of nitrogens with zero attached hydrogens (tertiary/aromatic N) is 1. The van der Waals surface area contributed by atoms with Crippen LogP contribution in [0, 0.1) is 5.41 Å². The Morgan fingerprint density at radius 1 is 1.18 bits per heavy atom. The molecular weight excluding hydrogens is 214 g/mol. The molecule has 2 N–H and O–H groups in total. The van der Waals surface area contributed by atoms with Crippen molar-refractivity contribution in [1.29, 1.82) is 5.41 Å². The monoisotopic (exact) mass is 239 g/mol. The molecule has 1 heterocycles. The third-order valence-electron chi connectivity index (χ3n) is 3.51. The summed E-state index contributed by atoms with van der Waals surface area (Å²) >= 11 is 0. The van der Waals surface area contributed by atoms with Crippen LogP contribution < -0.4 is 5.32 Å². The van der Waals surface area contributed by atoms with Crippen LogP contribution >= 0.6 is 0 Å². The Balaban J connectivity index is 2.83. The molecule has 0 aromatic carbocycles. The van der Waals surface area contributed by atoms with Crippen LogP contribution in [-0.2, 0) is 4.79 Å². The largest absolute Gasteiger partial charge is 0.342 e. The first-order valence-corrected chi connectivity index (χ1v) is 6.80. The van der Waals surface area contributed by atoms with Gasteiger partial charge >= 0.3 is 0 Å². The van der Waals surface area contributed by atoms with Gasteiger partial charge in [-0.15, -0.1) is 0 Å². The predicted molar refractivity (Wildman–Crippen MR) is 70.0 cm³/mol. The van der Waals surface area contributed by atoms with E-state index in [0.717, 1.165) is 38.5 Å². The second kappa shape index (κ2) is 6.03. The first-order chi connectivity index (χ1) is 8.11. The number of carbonyl (C=O) groups is 1. The smallest absolute Gasteiger partial charge is 0.255 e. The molecule has 0 aromatic heterocycles. The second-order valence-electron chi connectivity index (χ2n) is 4.81. The summed E-state index contributed by atoms with van der Waals surface area (Å²) in [6, 6.07) is 0. The minimum absolute atomic E-state index is 0.104. The van der Waals surface area contributed by atoms with Crippen molar-refractivity contribution in [3.05, 3.63) is 0 Å². The van der Waals surface area contributed by atoms with Crippen LogP contribution in [0.1, 0.15) is 59.3 Å². The van der Waals surface area contributed by atoms with E-state index in [2.05, 4.69) is 19.2 Å². The molecule has 98 valence electrons. The van der Waals surface area contributed by atoms with Crippen molar-refractivity contribution in [2.45, 2.75) is 64.8 Å². The van der Waals surface area contributed by atoms with Crippen molar-refractivity contribution in [2.24, 2.45) is 0 Å². The lowest BCUT2D eigenvalue weighted by molar-refractivity contribution is -0.131. The molecule has 17 heavy (non-hydrogen) atoms. The van der Waals surface area contributed by atoms with Crippen molar-refractivity contribution >= 4 is 11.9 Å². The number of rotatable bonds is 7. The molecule has 1 amide bonds. The lowest BCUT2D eigenvalue weighted by Crippen LogP contribution is -2.47. The molecule has 0 atom stereocenters. The van der Waals surface area contributed by atoms with Crippen molar-refractivity contribution in [1.82, 2.24) is 10.2 Å². The first-order valence-electron chi connectivity index (χ1n) is 6.80. The third-order valence-corrected chi connectivity index (χ3v) is 3.51. The zero-order valence-electron chi connectivity index (χ0n) is 11.3. The fourth-order valence-electron chi connectivity index (χ4n) is 2.43. The molecule has 4 heteroatoms. The lowest BCUT2D eigenvalue weighted by Gasteiger charge is -2.26. The van der Waals surface area contributed by atoms with E-state index in [1.807, 2.05) is 6.92 Å². The van der Waals surface area contributed by atoms with E-state index in [0.29, 0.717) is 6.54 Å². The zero-order valence-corrected chi connectivity index (χ0v) is 11.3. The van der Waals surface area contributed by atoms with Crippen molar-refractivity contribution < 1.29 is 4.79 Å². The topological polar surface area (TPSA) is 56.2 Å². The Labute approximate surface area is 104 Å². The van der Waals surface area contributed by atoms with E-state index in [-0.39, 0.29) is 11.9 Å². The number of amides is 1. The van der Waals surface area contributed by atoms with Crippen LogP contribution in [0.5, 0.6) is 0 Å². The fourth-order valence-corrected chi connectivity index (χ4v) is 2.43. The Hall–Kier alpha value is -1.06. The number of unbranched alkanes of at least 4 members (excludes halogenated alkanes) is 2. The quantitative estimate of drug-likeness (QED) is 0.717. The van der Waals surface area contributed by atoms with Crippen LogP contribution in [0.15, 0.2) is 0 Å². The van der Waals surface area contributed by atoms with Gasteiger partial charge < -0.3 is 5.32 Å². The van der Waals surface area contributed by atoms with Crippen molar-refractivity contribution in [2.75, 3.05) is 6.54 Å². The minimum Gasteiger partial charge on any atom is -0.342 e. The van der Waals surface area contributed by atoms with Crippen LogP contribution in [0.25, 0.3) is 0 Å². The maximum atomic E-state index is 12.4. The van der Waals surface area contributed by atoms with Crippen molar-refractivity contribution in [3.8, 4) is 0 Å². The van der Waals surface area contributed by atoms with Crippen LogP contribution in [0.3, 0.4) is 0 Å². The van der Waals surface area contributed by atoms with Gasteiger partial charge in [0.15, 0.2) is 5.96 Å². The summed E-state index contributed by atoms with van der Waals surface area (Å²) in [6.07, 6.45) is 5.94. The van der Waals surface area contributed by atoms with Crippen LogP contribution in [0.2, 0.25) is 0 Å². The van der Waals surface area contributed by atoms with Gasteiger partial charge in [0.05, 0.1) is 0 Å². The number of hydrogen-bond donors (Lipinski definition) is 2. The van der Waals surface area contributed by atoms with Crippen molar-refractivity contribution in [3.63, 3.8) is 0 Å². The van der Waals surface area contributed by atoms with E-state index in [1.54, 1.807) is 4.90 Å². The van der Waals surface area contributed by atoms with Crippen LogP contribution in [-0.4, -0.2) is 28.9 Å². The number of guanidine groups is 1. The Bertz CT molecular complexity index is 280.